The molecule has 62 valence electrons. The molecule has 0 aliphatic rings. The van der Waals surface area contributed by atoms with E-state index in [1.807, 2.05) is 3.97 Å². The lowest BCUT2D eigenvalue weighted by molar-refractivity contribution is 1.17. The van der Waals surface area contributed by atoms with Gasteiger partial charge in [-0.2, -0.15) is 0 Å². The molecule has 2 aromatic rings. The van der Waals surface area contributed by atoms with E-state index in [0.29, 0.717) is 0 Å². The summed E-state index contributed by atoms with van der Waals surface area (Å²) in [5.41, 5.74) is 1.73. The van der Waals surface area contributed by atoms with E-state index in [2.05, 4.69) is 21.9 Å². The van der Waals surface area contributed by atoms with Crippen molar-refractivity contribution >= 4 is 23.1 Å². The van der Waals surface area contributed by atoms with Gasteiger partial charge in [-0.15, -0.1) is 0 Å². The monoisotopic (exact) mass is 180 g/mol. The van der Waals surface area contributed by atoms with Crippen LogP contribution in [0.2, 0.25) is 0 Å². The van der Waals surface area contributed by atoms with Gasteiger partial charge in [0.05, 0.1) is 6.20 Å². The minimum absolute atomic E-state index is 0.846. The molecule has 2 rings (SSSR count). The molecule has 0 saturated heterocycles. The van der Waals surface area contributed by atoms with Gasteiger partial charge in [0, 0.05) is 5.75 Å². The number of hydrogen-bond donors (Lipinski definition) is 0. The molecule has 0 spiro atoms. The van der Waals surface area contributed by atoms with Gasteiger partial charge in [-0.3, -0.25) is 3.97 Å². The van der Waals surface area contributed by atoms with Crippen molar-refractivity contribution < 1.29 is 0 Å². The van der Waals surface area contributed by atoms with E-state index >= 15 is 0 Å². The molecule has 0 radical (unpaired) electrons. The van der Waals surface area contributed by atoms with Crippen LogP contribution in [0.5, 0.6) is 0 Å². The van der Waals surface area contributed by atoms with Crippen molar-refractivity contribution in [3.05, 3.63) is 18.9 Å². The molecule has 0 bridgehead atoms. The summed E-state index contributed by atoms with van der Waals surface area (Å²) in [6, 6.07) is 0. The predicted octanol–water partition coefficient (Wildman–Crippen LogP) is 1.34. The van der Waals surface area contributed by atoms with Crippen LogP contribution < -0.4 is 0 Å². The van der Waals surface area contributed by atoms with Gasteiger partial charge in [0.1, 0.15) is 18.2 Å². The SMILES string of the molecule is CCSn1cnc2cncnc21. The van der Waals surface area contributed by atoms with E-state index < -0.39 is 0 Å². The van der Waals surface area contributed by atoms with Gasteiger partial charge in [-0.25, -0.2) is 15.0 Å². The lowest BCUT2D eigenvalue weighted by Crippen LogP contribution is -1.87. The highest BCUT2D eigenvalue weighted by molar-refractivity contribution is 7.97. The molecule has 0 amide bonds. The van der Waals surface area contributed by atoms with E-state index in [-0.39, 0.29) is 0 Å². The summed E-state index contributed by atoms with van der Waals surface area (Å²) in [6.45, 7) is 2.09. The lowest BCUT2D eigenvalue weighted by atomic mass is 10.6. The number of rotatable bonds is 2. The van der Waals surface area contributed by atoms with Crippen LogP contribution in [0, 0.1) is 0 Å². The summed E-state index contributed by atoms with van der Waals surface area (Å²) in [5, 5.41) is 0. The van der Waals surface area contributed by atoms with E-state index in [9.17, 15) is 0 Å². The largest absolute Gasteiger partial charge is 0.256 e. The molecule has 0 aromatic carbocycles. The predicted molar refractivity (Wildman–Crippen MR) is 48.9 cm³/mol. The summed E-state index contributed by atoms with van der Waals surface area (Å²) in [4.78, 5) is 12.2. The lowest BCUT2D eigenvalue weighted by Gasteiger charge is -1.96. The standard InChI is InChI=1S/C7H8N4S/c1-2-12-11-5-10-6-3-8-4-9-7(6)11/h3-5H,2H2,1H3. The van der Waals surface area contributed by atoms with Gasteiger partial charge in [0.2, 0.25) is 0 Å². The molecule has 0 unspecified atom stereocenters. The van der Waals surface area contributed by atoms with Crippen molar-refractivity contribution in [1.82, 2.24) is 18.9 Å². The van der Waals surface area contributed by atoms with Crippen LogP contribution in [0.3, 0.4) is 0 Å². The number of nitrogens with zero attached hydrogens (tertiary/aromatic N) is 4. The second-order valence-electron chi connectivity index (χ2n) is 2.22. The number of aromatic nitrogens is 4. The second-order valence-corrected chi connectivity index (χ2v) is 3.45. The third kappa shape index (κ3) is 1.16. The Bertz CT molecular complexity index is 384. The van der Waals surface area contributed by atoms with Crippen molar-refractivity contribution in [2.45, 2.75) is 6.92 Å². The molecule has 0 N–H and O–H groups in total. The second kappa shape index (κ2) is 3.10. The first-order valence-electron chi connectivity index (χ1n) is 3.68. The highest BCUT2D eigenvalue weighted by atomic mass is 32.2. The van der Waals surface area contributed by atoms with Crippen LogP contribution in [0.25, 0.3) is 11.2 Å². The zero-order valence-electron chi connectivity index (χ0n) is 6.64. The van der Waals surface area contributed by atoms with Crippen LogP contribution in [0.1, 0.15) is 6.92 Å². The number of hydrogen-bond acceptors (Lipinski definition) is 4. The molecule has 0 aliphatic heterocycles. The Balaban J connectivity index is 2.55. The summed E-state index contributed by atoms with van der Waals surface area (Å²) < 4.78 is 1.96. The Labute approximate surface area is 74.2 Å². The zero-order chi connectivity index (χ0) is 8.39. The first-order chi connectivity index (χ1) is 5.92. The molecule has 12 heavy (non-hydrogen) atoms. The maximum Gasteiger partial charge on any atom is 0.173 e. The Hall–Kier alpha value is -1.10. The quantitative estimate of drug-likeness (QED) is 0.699. The molecule has 5 heteroatoms. The molecule has 0 aliphatic carbocycles. The van der Waals surface area contributed by atoms with Gasteiger partial charge < -0.3 is 0 Å². The Morgan fingerprint density at radius 2 is 2.42 bits per heavy atom. The average molecular weight is 180 g/mol. The van der Waals surface area contributed by atoms with Gasteiger partial charge in [0.25, 0.3) is 0 Å². The van der Waals surface area contributed by atoms with Crippen molar-refractivity contribution in [1.29, 1.82) is 0 Å². The van der Waals surface area contributed by atoms with Gasteiger partial charge in [-0.05, 0) is 11.9 Å². The summed E-state index contributed by atoms with van der Waals surface area (Å²) in [5.74, 6) is 1.01. The maximum absolute atomic E-state index is 4.15. The van der Waals surface area contributed by atoms with Crippen LogP contribution in [0.4, 0.5) is 0 Å². The number of imidazole rings is 1. The fraction of sp³-hybridized carbons (Fsp3) is 0.286. The topological polar surface area (TPSA) is 43.6 Å². The summed E-state index contributed by atoms with van der Waals surface area (Å²) in [6.07, 6.45) is 5.03. The van der Waals surface area contributed by atoms with E-state index in [1.54, 1.807) is 24.5 Å². The van der Waals surface area contributed by atoms with Crippen LogP contribution in [0.15, 0.2) is 18.9 Å². The van der Waals surface area contributed by atoms with Crippen molar-refractivity contribution in [2.24, 2.45) is 0 Å². The normalized spacial score (nSPS) is 10.8. The smallest absolute Gasteiger partial charge is 0.173 e. The van der Waals surface area contributed by atoms with Gasteiger partial charge in [0.15, 0.2) is 5.65 Å². The first-order valence-corrected chi connectivity index (χ1v) is 4.62. The Morgan fingerprint density at radius 3 is 3.25 bits per heavy atom. The molecule has 2 heterocycles. The molecule has 0 fully saturated rings. The van der Waals surface area contributed by atoms with E-state index in [4.69, 9.17) is 0 Å². The van der Waals surface area contributed by atoms with Crippen molar-refractivity contribution in [2.75, 3.05) is 5.75 Å². The van der Waals surface area contributed by atoms with Gasteiger partial charge >= 0.3 is 0 Å². The molecule has 0 saturated carbocycles. The minimum atomic E-state index is 0.846. The van der Waals surface area contributed by atoms with Crippen LogP contribution in [-0.4, -0.2) is 24.7 Å². The third-order valence-electron chi connectivity index (χ3n) is 1.45. The Kier molecular flexibility index (Phi) is 1.95. The molecule has 2 aromatic heterocycles. The average Bonchev–Trinajstić information content (AvgIpc) is 2.50. The number of fused-ring (bicyclic) bond motifs is 1. The van der Waals surface area contributed by atoms with Crippen molar-refractivity contribution in [3.63, 3.8) is 0 Å². The highest BCUT2D eigenvalue weighted by Gasteiger charge is 2.01. The van der Waals surface area contributed by atoms with Crippen LogP contribution >= 0.6 is 11.9 Å². The zero-order valence-corrected chi connectivity index (χ0v) is 7.45. The first kappa shape index (κ1) is 7.54. The molecule has 4 nitrogen and oxygen atoms in total. The van der Waals surface area contributed by atoms with E-state index in [0.717, 1.165) is 16.9 Å². The third-order valence-corrected chi connectivity index (χ3v) is 2.25. The molecular weight excluding hydrogens is 172 g/mol. The summed E-state index contributed by atoms with van der Waals surface area (Å²) in [7, 11) is 0. The fourth-order valence-corrected chi connectivity index (χ4v) is 1.63. The molecular formula is C7H8N4S. The van der Waals surface area contributed by atoms with E-state index in [1.165, 1.54) is 6.33 Å². The maximum atomic E-state index is 4.15. The fourth-order valence-electron chi connectivity index (χ4n) is 0.980. The minimum Gasteiger partial charge on any atom is -0.256 e. The Morgan fingerprint density at radius 1 is 1.50 bits per heavy atom. The summed E-state index contributed by atoms with van der Waals surface area (Å²) >= 11 is 1.68. The highest BCUT2D eigenvalue weighted by Crippen LogP contribution is 2.13. The van der Waals surface area contributed by atoms with Crippen LogP contribution in [-0.2, 0) is 0 Å². The van der Waals surface area contributed by atoms with Gasteiger partial charge in [-0.1, -0.05) is 6.92 Å². The van der Waals surface area contributed by atoms with Crippen molar-refractivity contribution in [3.8, 4) is 0 Å². The molecule has 0 atom stereocenters.